The van der Waals surface area contributed by atoms with Crippen LogP contribution in [0.2, 0.25) is 0 Å². The van der Waals surface area contributed by atoms with E-state index in [1.54, 1.807) is 17.6 Å². The molecule has 0 bridgehead atoms. The van der Waals surface area contributed by atoms with Crippen LogP contribution in [0.5, 0.6) is 0 Å². The maximum absolute atomic E-state index is 5.27. The van der Waals surface area contributed by atoms with E-state index in [1.165, 1.54) is 0 Å². The van der Waals surface area contributed by atoms with Gasteiger partial charge in [-0.3, -0.25) is 0 Å². The van der Waals surface area contributed by atoms with Crippen LogP contribution in [0.3, 0.4) is 0 Å². The lowest BCUT2D eigenvalue weighted by molar-refractivity contribution is 0.423. The molecule has 0 spiro atoms. The summed E-state index contributed by atoms with van der Waals surface area (Å²) < 4.78 is 5.27. The van der Waals surface area contributed by atoms with Crippen molar-refractivity contribution >= 4 is 11.3 Å². The van der Waals surface area contributed by atoms with Gasteiger partial charge in [-0.2, -0.15) is 0 Å². The van der Waals surface area contributed by atoms with Gasteiger partial charge in [0.15, 0.2) is 5.01 Å². The number of hydrogen-bond acceptors (Lipinski definition) is 5. The Morgan fingerprint density at radius 1 is 1.35 bits per heavy atom. The van der Waals surface area contributed by atoms with E-state index < -0.39 is 0 Å². The van der Waals surface area contributed by atoms with Gasteiger partial charge in [0, 0.05) is 5.54 Å². The molecule has 0 saturated carbocycles. The van der Waals surface area contributed by atoms with Gasteiger partial charge in [0.05, 0.1) is 12.1 Å². The smallest absolute Gasteiger partial charge is 0.151 e. The molecule has 0 radical (unpaired) electrons. The fourth-order valence-electron chi connectivity index (χ4n) is 1.34. The van der Waals surface area contributed by atoms with E-state index in [2.05, 4.69) is 36.3 Å². The fraction of sp³-hybridized carbons (Fsp3) is 0.500. The standard InChI is InChI=1S/C12H17N3OS/c1-8-5-9(7-16-8)11-15-14-10(17-11)6-13-12(2,3)4/h5,7,13H,6H2,1-4H3. The maximum atomic E-state index is 5.27. The molecular formula is C12H17N3OS. The molecule has 0 aliphatic rings. The first-order chi connectivity index (χ1) is 7.94. The molecule has 0 amide bonds. The molecule has 0 fully saturated rings. The van der Waals surface area contributed by atoms with Crippen LogP contribution in [0.4, 0.5) is 0 Å². The van der Waals surface area contributed by atoms with Gasteiger partial charge in [-0.15, -0.1) is 10.2 Å². The highest BCUT2D eigenvalue weighted by molar-refractivity contribution is 7.14. The van der Waals surface area contributed by atoms with Gasteiger partial charge in [0.2, 0.25) is 0 Å². The molecule has 4 nitrogen and oxygen atoms in total. The van der Waals surface area contributed by atoms with Gasteiger partial charge < -0.3 is 9.73 Å². The van der Waals surface area contributed by atoms with Crippen LogP contribution >= 0.6 is 11.3 Å². The normalized spacial score (nSPS) is 12.0. The van der Waals surface area contributed by atoms with E-state index in [-0.39, 0.29) is 5.54 Å². The van der Waals surface area contributed by atoms with Crippen molar-refractivity contribution < 1.29 is 4.42 Å². The summed E-state index contributed by atoms with van der Waals surface area (Å²) in [5, 5.41) is 13.6. The summed E-state index contributed by atoms with van der Waals surface area (Å²) in [6.07, 6.45) is 1.72. The summed E-state index contributed by atoms with van der Waals surface area (Å²) in [4.78, 5) is 0. The molecule has 0 aliphatic carbocycles. The quantitative estimate of drug-likeness (QED) is 0.911. The summed E-state index contributed by atoms with van der Waals surface area (Å²) in [5.74, 6) is 0.893. The first kappa shape index (κ1) is 12.3. The van der Waals surface area contributed by atoms with Crippen molar-refractivity contribution in [3.8, 4) is 10.6 Å². The molecule has 0 aromatic carbocycles. The minimum Gasteiger partial charge on any atom is -0.469 e. The van der Waals surface area contributed by atoms with Crippen molar-refractivity contribution in [3.63, 3.8) is 0 Å². The van der Waals surface area contributed by atoms with E-state index in [0.717, 1.165) is 27.9 Å². The van der Waals surface area contributed by atoms with Gasteiger partial charge in [-0.1, -0.05) is 11.3 Å². The number of aryl methyl sites for hydroxylation is 1. The molecule has 0 saturated heterocycles. The topological polar surface area (TPSA) is 51.0 Å². The van der Waals surface area contributed by atoms with Crippen molar-refractivity contribution in [3.05, 3.63) is 23.1 Å². The fourth-order valence-corrected chi connectivity index (χ4v) is 2.09. The average Bonchev–Trinajstić information content (AvgIpc) is 2.81. The highest BCUT2D eigenvalue weighted by Gasteiger charge is 2.12. The lowest BCUT2D eigenvalue weighted by Crippen LogP contribution is -2.35. The maximum Gasteiger partial charge on any atom is 0.151 e. The number of aromatic nitrogens is 2. The zero-order chi connectivity index (χ0) is 12.5. The summed E-state index contributed by atoms with van der Waals surface area (Å²) in [6, 6.07) is 1.97. The third kappa shape index (κ3) is 3.38. The SMILES string of the molecule is Cc1cc(-c2nnc(CNC(C)(C)C)s2)co1. The molecule has 0 unspecified atom stereocenters. The van der Waals surface area contributed by atoms with Crippen LogP contribution < -0.4 is 5.32 Å². The summed E-state index contributed by atoms with van der Waals surface area (Å²) in [7, 11) is 0. The molecule has 2 aromatic rings. The first-order valence-electron chi connectivity index (χ1n) is 5.57. The third-order valence-corrected chi connectivity index (χ3v) is 3.19. The molecule has 92 valence electrons. The second-order valence-corrected chi connectivity index (χ2v) is 6.11. The van der Waals surface area contributed by atoms with E-state index in [0.29, 0.717) is 0 Å². The Kier molecular flexibility index (Phi) is 3.31. The number of hydrogen-bond donors (Lipinski definition) is 1. The third-order valence-electron chi connectivity index (χ3n) is 2.21. The van der Waals surface area contributed by atoms with E-state index >= 15 is 0 Å². The highest BCUT2D eigenvalue weighted by Crippen LogP contribution is 2.25. The Morgan fingerprint density at radius 3 is 2.71 bits per heavy atom. The first-order valence-corrected chi connectivity index (χ1v) is 6.38. The average molecular weight is 251 g/mol. The second kappa shape index (κ2) is 4.58. The molecule has 5 heteroatoms. The monoisotopic (exact) mass is 251 g/mol. The van der Waals surface area contributed by atoms with Gasteiger partial charge in [0.25, 0.3) is 0 Å². The molecular weight excluding hydrogens is 234 g/mol. The highest BCUT2D eigenvalue weighted by atomic mass is 32.1. The second-order valence-electron chi connectivity index (χ2n) is 5.05. The van der Waals surface area contributed by atoms with E-state index in [9.17, 15) is 0 Å². The largest absolute Gasteiger partial charge is 0.469 e. The number of furan rings is 1. The van der Waals surface area contributed by atoms with Gasteiger partial charge in [0.1, 0.15) is 17.0 Å². The zero-order valence-corrected chi connectivity index (χ0v) is 11.4. The minimum absolute atomic E-state index is 0.0953. The van der Waals surface area contributed by atoms with Crippen LogP contribution in [0.25, 0.3) is 10.6 Å². The van der Waals surface area contributed by atoms with E-state index in [4.69, 9.17) is 4.42 Å². The van der Waals surface area contributed by atoms with Crippen molar-refractivity contribution in [1.29, 1.82) is 0 Å². The molecule has 0 aliphatic heterocycles. The lowest BCUT2D eigenvalue weighted by atomic mass is 10.1. The molecule has 17 heavy (non-hydrogen) atoms. The Morgan fingerprint density at radius 2 is 2.12 bits per heavy atom. The zero-order valence-electron chi connectivity index (χ0n) is 10.6. The van der Waals surface area contributed by atoms with Crippen LogP contribution in [0, 0.1) is 6.92 Å². The van der Waals surface area contributed by atoms with Gasteiger partial charge >= 0.3 is 0 Å². The predicted molar refractivity (Wildman–Crippen MR) is 68.9 cm³/mol. The molecule has 2 aromatic heterocycles. The van der Waals surface area contributed by atoms with Crippen molar-refractivity contribution in [2.75, 3.05) is 0 Å². The number of rotatable bonds is 3. The van der Waals surface area contributed by atoms with Crippen molar-refractivity contribution in [1.82, 2.24) is 15.5 Å². The summed E-state index contributed by atoms with van der Waals surface area (Å²) in [6.45, 7) is 9.07. The lowest BCUT2D eigenvalue weighted by Gasteiger charge is -2.19. The molecule has 1 N–H and O–H groups in total. The van der Waals surface area contributed by atoms with Crippen LogP contribution in [0.15, 0.2) is 16.7 Å². The Hall–Kier alpha value is -1.20. The number of nitrogens with one attached hydrogen (secondary N) is 1. The Labute approximate surface area is 105 Å². The van der Waals surface area contributed by atoms with Gasteiger partial charge in [-0.05, 0) is 33.8 Å². The van der Waals surface area contributed by atoms with Crippen LogP contribution in [-0.2, 0) is 6.54 Å². The van der Waals surface area contributed by atoms with Crippen LogP contribution in [0.1, 0.15) is 31.5 Å². The molecule has 2 heterocycles. The van der Waals surface area contributed by atoms with Crippen LogP contribution in [-0.4, -0.2) is 15.7 Å². The predicted octanol–water partition coefficient (Wildman–Crippen LogP) is 2.99. The van der Waals surface area contributed by atoms with Gasteiger partial charge in [-0.25, -0.2) is 0 Å². The summed E-state index contributed by atoms with van der Waals surface area (Å²) in [5.41, 5.74) is 1.10. The molecule has 2 rings (SSSR count). The van der Waals surface area contributed by atoms with E-state index in [1.807, 2.05) is 13.0 Å². The summed E-state index contributed by atoms with van der Waals surface area (Å²) >= 11 is 1.60. The minimum atomic E-state index is 0.0953. The Bertz CT molecular complexity index is 496. The van der Waals surface area contributed by atoms with Crippen molar-refractivity contribution in [2.45, 2.75) is 39.8 Å². The number of nitrogens with zero attached hydrogens (tertiary/aromatic N) is 2. The molecule has 0 atom stereocenters. The Balaban J connectivity index is 2.06. The van der Waals surface area contributed by atoms with Crippen molar-refractivity contribution in [2.24, 2.45) is 0 Å².